The summed E-state index contributed by atoms with van der Waals surface area (Å²) < 4.78 is 24.6. The second-order valence-corrected chi connectivity index (χ2v) is 6.23. The van der Waals surface area contributed by atoms with Gasteiger partial charge >= 0.3 is 0 Å². The Bertz CT molecular complexity index is 815. The minimum absolute atomic E-state index is 0. The third-order valence-corrected chi connectivity index (χ3v) is 4.54. The molecule has 5 nitrogen and oxygen atoms in total. The van der Waals surface area contributed by atoms with Crippen molar-refractivity contribution in [1.29, 1.82) is 0 Å². The predicted molar refractivity (Wildman–Crippen MR) is 109 cm³/mol. The van der Waals surface area contributed by atoms with Gasteiger partial charge in [0.2, 0.25) is 6.79 Å². The lowest BCUT2D eigenvalue weighted by molar-refractivity contribution is 0.174. The van der Waals surface area contributed by atoms with E-state index in [1.54, 1.807) is 13.1 Å². The van der Waals surface area contributed by atoms with E-state index in [1.807, 2.05) is 30.3 Å². The fourth-order valence-corrected chi connectivity index (χ4v) is 3.08. The van der Waals surface area contributed by atoms with Crippen molar-refractivity contribution in [1.82, 2.24) is 10.6 Å². The van der Waals surface area contributed by atoms with Gasteiger partial charge in [-0.2, -0.15) is 0 Å². The van der Waals surface area contributed by atoms with E-state index >= 15 is 0 Å². The molecule has 138 valence electrons. The van der Waals surface area contributed by atoms with Crippen molar-refractivity contribution in [3.63, 3.8) is 0 Å². The average molecular weight is 469 g/mol. The van der Waals surface area contributed by atoms with Crippen LogP contribution in [-0.2, 0) is 6.54 Å². The molecule has 1 aliphatic heterocycles. The molecule has 0 amide bonds. The van der Waals surface area contributed by atoms with Crippen LogP contribution < -0.4 is 20.1 Å². The molecule has 2 aromatic carbocycles. The standard InChI is InChI=1S/C19H20FN3O2.HI/c1-21-19(22-10-12-6-7-17-18(8-12)25-11-24-17)23-16-9-14(16)13-4-2-3-5-15(13)20;/h2-8,14,16H,9-11H2,1H3,(H2,21,22,23);1H. The van der Waals surface area contributed by atoms with Crippen LogP contribution in [0.1, 0.15) is 23.5 Å². The number of nitrogens with one attached hydrogen (secondary N) is 2. The number of nitrogens with zero attached hydrogens (tertiary/aromatic N) is 1. The Labute approximate surface area is 169 Å². The highest BCUT2D eigenvalue weighted by Crippen LogP contribution is 2.41. The van der Waals surface area contributed by atoms with Crippen LogP contribution in [-0.4, -0.2) is 25.8 Å². The summed E-state index contributed by atoms with van der Waals surface area (Å²) >= 11 is 0. The molecule has 2 atom stereocenters. The maximum atomic E-state index is 13.9. The lowest BCUT2D eigenvalue weighted by Crippen LogP contribution is -2.38. The van der Waals surface area contributed by atoms with E-state index in [4.69, 9.17) is 9.47 Å². The van der Waals surface area contributed by atoms with Gasteiger partial charge < -0.3 is 20.1 Å². The van der Waals surface area contributed by atoms with Crippen molar-refractivity contribution >= 4 is 29.9 Å². The van der Waals surface area contributed by atoms with Crippen LogP contribution in [0.25, 0.3) is 0 Å². The molecule has 7 heteroatoms. The summed E-state index contributed by atoms with van der Waals surface area (Å²) in [6.07, 6.45) is 0.908. The van der Waals surface area contributed by atoms with E-state index in [0.717, 1.165) is 29.0 Å². The lowest BCUT2D eigenvalue weighted by atomic mass is 10.1. The Morgan fingerprint density at radius 2 is 2.00 bits per heavy atom. The molecule has 0 bridgehead atoms. The third kappa shape index (κ3) is 4.03. The molecule has 1 fully saturated rings. The Morgan fingerprint density at radius 3 is 2.81 bits per heavy atom. The second kappa shape index (κ2) is 8.11. The number of hydrogen-bond donors (Lipinski definition) is 2. The van der Waals surface area contributed by atoms with Crippen LogP contribution in [0.15, 0.2) is 47.5 Å². The zero-order valence-corrected chi connectivity index (χ0v) is 16.7. The maximum absolute atomic E-state index is 13.9. The quantitative estimate of drug-likeness (QED) is 0.410. The molecule has 2 aromatic rings. The van der Waals surface area contributed by atoms with Crippen LogP contribution in [0.2, 0.25) is 0 Å². The summed E-state index contributed by atoms with van der Waals surface area (Å²) in [5.74, 6) is 2.31. The number of fused-ring (bicyclic) bond motifs is 1. The van der Waals surface area contributed by atoms with Gasteiger partial charge in [-0.3, -0.25) is 4.99 Å². The Hall–Kier alpha value is -2.03. The van der Waals surface area contributed by atoms with E-state index in [9.17, 15) is 4.39 Å². The van der Waals surface area contributed by atoms with Crippen molar-refractivity contribution in [2.45, 2.75) is 24.9 Å². The summed E-state index contributed by atoms with van der Waals surface area (Å²) in [6, 6.07) is 13.0. The van der Waals surface area contributed by atoms with E-state index in [0.29, 0.717) is 12.5 Å². The molecule has 1 aliphatic carbocycles. The first-order chi connectivity index (χ1) is 12.2. The van der Waals surface area contributed by atoms with Crippen LogP contribution >= 0.6 is 24.0 Å². The Balaban J connectivity index is 0.00000196. The number of hydrogen-bond acceptors (Lipinski definition) is 3. The molecule has 0 radical (unpaired) electrons. The molecule has 1 saturated carbocycles. The molecule has 4 rings (SSSR count). The normalized spacial score (nSPS) is 20.3. The van der Waals surface area contributed by atoms with Crippen molar-refractivity contribution < 1.29 is 13.9 Å². The highest BCUT2D eigenvalue weighted by atomic mass is 127. The van der Waals surface area contributed by atoms with Crippen LogP contribution in [0.4, 0.5) is 4.39 Å². The molecular weight excluding hydrogens is 448 g/mol. The first kappa shape index (κ1) is 18.8. The monoisotopic (exact) mass is 469 g/mol. The zero-order chi connectivity index (χ0) is 17.2. The van der Waals surface area contributed by atoms with Crippen molar-refractivity contribution in [2.24, 2.45) is 4.99 Å². The third-order valence-electron chi connectivity index (χ3n) is 4.54. The second-order valence-electron chi connectivity index (χ2n) is 6.23. The average Bonchev–Trinajstić information content (AvgIpc) is 3.23. The molecule has 0 aromatic heterocycles. The summed E-state index contributed by atoms with van der Waals surface area (Å²) in [5.41, 5.74) is 1.85. The van der Waals surface area contributed by atoms with Gasteiger partial charge in [0.05, 0.1) is 0 Å². The van der Waals surface area contributed by atoms with Gasteiger partial charge in [-0.05, 0) is 35.7 Å². The molecule has 2 unspecified atom stereocenters. The lowest BCUT2D eigenvalue weighted by Gasteiger charge is -2.12. The number of aliphatic imine (C=N–C) groups is 1. The van der Waals surface area contributed by atoms with Gasteiger partial charge in [0.25, 0.3) is 0 Å². The van der Waals surface area contributed by atoms with Crippen LogP contribution in [0.5, 0.6) is 11.5 Å². The minimum atomic E-state index is -0.139. The maximum Gasteiger partial charge on any atom is 0.231 e. The number of ether oxygens (including phenoxy) is 2. The molecule has 26 heavy (non-hydrogen) atoms. The van der Waals surface area contributed by atoms with Crippen molar-refractivity contribution in [3.05, 3.63) is 59.4 Å². The predicted octanol–water partition coefficient (Wildman–Crippen LogP) is 3.39. The van der Waals surface area contributed by atoms with Gasteiger partial charge in [-0.25, -0.2) is 4.39 Å². The Kier molecular flexibility index (Phi) is 5.85. The van der Waals surface area contributed by atoms with Gasteiger partial charge in [-0.1, -0.05) is 24.3 Å². The van der Waals surface area contributed by atoms with Crippen molar-refractivity contribution in [3.8, 4) is 11.5 Å². The van der Waals surface area contributed by atoms with Gasteiger partial charge in [0.15, 0.2) is 17.5 Å². The zero-order valence-electron chi connectivity index (χ0n) is 14.4. The number of guanidine groups is 1. The Morgan fingerprint density at radius 1 is 1.19 bits per heavy atom. The van der Waals surface area contributed by atoms with Gasteiger partial charge in [0, 0.05) is 25.6 Å². The fourth-order valence-electron chi connectivity index (χ4n) is 3.08. The molecule has 0 spiro atoms. The number of benzene rings is 2. The summed E-state index contributed by atoms with van der Waals surface area (Å²) in [4.78, 5) is 4.25. The highest BCUT2D eigenvalue weighted by molar-refractivity contribution is 14.0. The summed E-state index contributed by atoms with van der Waals surface area (Å²) in [5, 5.41) is 6.64. The van der Waals surface area contributed by atoms with Crippen LogP contribution in [0.3, 0.4) is 0 Å². The minimum Gasteiger partial charge on any atom is -0.454 e. The summed E-state index contributed by atoms with van der Waals surface area (Å²) in [6.45, 7) is 0.891. The smallest absolute Gasteiger partial charge is 0.231 e. The molecule has 1 heterocycles. The first-order valence-corrected chi connectivity index (χ1v) is 8.35. The van der Waals surface area contributed by atoms with Crippen molar-refractivity contribution in [2.75, 3.05) is 13.8 Å². The van der Waals surface area contributed by atoms with E-state index in [1.165, 1.54) is 6.07 Å². The SMILES string of the molecule is CN=C(NCc1ccc2c(c1)OCO2)NC1CC1c1ccccc1F.I. The van der Waals surface area contributed by atoms with Gasteiger partial charge in [-0.15, -0.1) is 24.0 Å². The highest BCUT2D eigenvalue weighted by Gasteiger charge is 2.40. The summed E-state index contributed by atoms with van der Waals surface area (Å²) in [7, 11) is 1.73. The van der Waals surface area contributed by atoms with E-state index in [2.05, 4.69) is 15.6 Å². The topological polar surface area (TPSA) is 54.9 Å². The van der Waals surface area contributed by atoms with E-state index in [-0.39, 0.29) is 48.5 Å². The molecule has 2 aliphatic rings. The molecule has 2 N–H and O–H groups in total. The first-order valence-electron chi connectivity index (χ1n) is 8.35. The number of halogens is 2. The largest absolute Gasteiger partial charge is 0.454 e. The number of rotatable bonds is 4. The molecular formula is C19H21FIN3O2. The van der Waals surface area contributed by atoms with Gasteiger partial charge in [0.1, 0.15) is 5.82 Å². The van der Waals surface area contributed by atoms with E-state index < -0.39 is 0 Å². The fraction of sp³-hybridized carbons (Fsp3) is 0.316. The molecule has 0 saturated heterocycles. The van der Waals surface area contributed by atoms with Crippen LogP contribution in [0, 0.1) is 5.82 Å².